The molecule has 0 aliphatic heterocycles. The van der Waals surface area contributed by atoms with Crippen molar-refractivity contribution in [2.75, 3.05) is 0 Å². The van der Waals surface area contributed by atoms with Gasteiger partial charge in [0.25, 0.3) is 0 Å². The van der Waals surface area contributed by atoms with E-state index in [0.717, 1.165) is 18.2 Å². The third kappa shape index (κ3) is 2.94. The lowest BCUT2D eigenvalue weighted by atomic mass is 10.2. The minimum absolute atomic E-state index is 0.00732. The summed E-state index contributed by atoms with van der Waals surface area (Å²) in [6.07, 6.45) is 0. The van der Waals surface area contributed by atoms with Crippen LogP contribution in [0.3, 0.4) is 0 Å². The van der Waals surface area contributed by atoms with E-state index >= 15 is 0 Å². The van der Waals surface area contributed by atoms with Gasteiger partial charge in [-0.15, -0.1) is 4.73 Å². The minimum atomic E-state index is -1.41. The first kappa shape index (κ1) is 15.5. The highest BCUT2D eigenvalue weighted by Crippen LogP contribution is 2.30. The number of carbonyl (C=O) groups excluding carboxylic acids is 1. The number of rotatable bonds is 4. The second-order valence-electron chi connectivity index (χ2n) is 4.12. The Kier molecular flexibility index (Phi) is 3.97. The second-order valence-corrected chi connectivity index (χ2v) is 4.12. The van der Waals surface area contributed by atoms with Gasteiger partial charge in [0.05, 0.1) is 0 Å². The summed E-state index contributed by atoms with van der Waals surface area (Å²) in [6, 6.07) is 3.99. The van der Waals surface area contributed by atoms with Crippen molar-refractivity contribution in [1.82, 2.24) is 4.73 Å². The monoisotopic (exact) mass is 320 g/mol. The van der Waals surface area contributed by atoms with Gasteiger partial charge >= 0.3 is 11.9 Å². The summed E-state index contributed by atoms with van der Waals surface area (Å²) < 4.78 is 4.77. The van der Waals surface area contributed by atoms with E-state index in [-0.39, 0.29) is 10.4 Å². The Morgan fingerprint density at radius 1 is 1.22 bits per heavy atom. The normalized spacial score (nSPS) is 9.91. The summed E-state index contributed by atoms with van der Waals surface area (Å²) in [7, 11) is 0. The molecule has 0 aliphatic carbocycles. The number of nitrogens with zero attached hydrogens (tertiary/aromatic N) is 4. The molecule has 2 aromatic rings. The molecule has 11 nitrogen and oxygen atoms in total. The van der Waals surface area contributed by atoms with Gasteiger partial charge in [0.2, 0.25) is 11.8 Å². The number of carbonyl (C=O) groups is 2. The maximum absolute atomic E-state index is 11.9. The fourth-order valence-electron chi connectivity index (χ4n) is 1.67. The van der Waals surface area contributed by atoms with E-state index in [1.807, 2.05) is 0 Å². The first-order valence-electron chi connectivity index (χ1n) is 5.82. The van der Waals surface area contributed by atoms with Crippen molar-refractivity contribution in [3.8, 4) is 17.5 Å². The topological polar surface area (TPSA) is 178 Å². The van der Waals surface area contributed by atoms with Gasteiger partial charge in [-0.3, -0.25) is 0 Å². The van der Waals surface area contributed by atoms with Crippen LogP contribution in [0.15, 0.2) is 29.4 Å². The molecule has 0 atom stereocenters. The van der Waals surface area contributed by atoms with Gasteiger partial charge in [-0.2, -0.15) is 0 Å². The summed E-state index contributed by atoms with van der Waals surface area (Å²) in [5.74, 6) is -4.92. The van der Waals surface area contributed by atoms with E-state index in [2.05, 4.69) is 10.0 Å². The van der Waals surface area contributed by atoms with Crippen LogP contribution in [-0.4, -0.2) is 37.2 Å². The fourth-order valence-corrected chi connectivity index (χ4v) is 1.67. The van der Waals surface area contributed by atoms with E-state index in [1.165, 1.54) is 6.07 Å². The predicted molar refractivity (Wildman–Crippen MR) is 72.1 cm³/mol. The van der Waals surface area contributed by atoms with Gasteiger partial charge in [-0.05, 0) is 17.7 Å². The van der Waals surface area contributed by atoms with Gasteiger partial charge in [0, 0.05) is 16.7 Å². The minimum Gasteiger partial charge on any atom is -0.492 e. The highest BCUT2D eigenvalue weighted by molar-refractivity contribution is 5.97. The van der Waals surface area contributed by atoms with E-state index < -0.39 is 40.6 Å². The molecule has 11 heteroatoms. The number of aromatic hydroxyl groups is 2. The average molecular weight is 320 g/mol. The highest BCUT2D eigenvalue weighted by atomic mass is 16.5. The van der Waals surface area contributed by atoms with Gasteiger partial charge in [-0.25, -0.2) is 9.59 Å². The Morgan fingerprint density at radius 3 is 2.43 bits per heavy atom. The number of benzene rings is 1. The lowest BCUT2D eigenvalue weighted by Gasteiger charge is -2.07. The van der Waals surface area contributed by atoms with Crippen LogP contribution in [0.2, 0.25) is 0 Å². The molecule has 0 aliphatic rings. The predicted octanol–water partition coefficient (Wildman–Crippen LogP) is 2.00. The third-order valence-corrected chi connectivity index (χ3v) is 2.71. The Bertz CT molecular complexity index is 851. The smallest absolute Gasteiger partial charge is 0.349 e. The van der Waals surface area contributed by atoms with Crippen molar-refractivity contribution < 1.29 is 34.9 Å². The number of aromatic carboxylic acids is 1. The fraction of sp³-hybridized carbons (Fsp3) is 0. The summed E-state index contributed by atoms with van der Waals surface area (Å²) in [5, 5.41) is 40.1. The standard InChI is InChI=1S/C12H8N4O7/c13-15-14-5-1-2-6(11(19)20)8(3-5)23-12(21)7-4-9(17)16(22)10(7)18/h1-4,17-18,22H,(H,19,20). The molecule has 23 heavy (non-hydrogen) atoms. The Labute approximate surface area is 126 Å². The molecule has 0 radical (unpaired) electrons. The van der Waals surface area contributed by atoms with Crippen LogP contribution in [-0.2, 0) is 0 Å². The van der Waals surface area contributed by atoms with Crippen molar-refractivity contribution >= 4 is 17.6 Å². The first-order chi connectivity index (χ1) is 10.8. The van der Waals surface area contributed by atoms with Crippen LogP contribution in [0, 0.1) is 0 Å². The van der Waals surface area contributed by atoms with Gasteiger partial charge in [-0.1, -0.05) is 11.2 Å². The van der Waals surface area contributed by atoms with Crippen molar-refractivity contribution in [2.24, 2.45) is 5.11 Å². The summed E-state index contributed by atoms with van der Waals surface area (Å²) >= 11 is 0. The average Bonchev–Trinajstić information content (AvgIpc) is 2.75. The van der Waals surface area contributed by atoms with Gasteiger partial charge in [0.15, 0.2) is 0 Å². The van der Waals surface area contributed by atoms with E-state index in [4.69, 9.17) is 20.6 Å². The maximum Gasteiger partial charge on any atom is 0.349 e. The van der Waals surface area contributed by atoms with Gasteiger partial charge in [0.1, 0.15) is 16.9 Å². The molecule has 2 rings (SSSR count). The van der Waals surface area contributed by atoms with Crippen LogP contribution < -0.4 is 4.74 Å². The molecule has 0 unspecified atom stereocenters. The number of hydrogen-bond donors (Lipinski definition) is 4. The molecule has 118 valence electrons. The molecule has 0 bridgehead atoms. The van der Waals surface area contributed by atoms with Crippen molar-refractivity contribution in [3.63, 3.8) is 0 Å². The molecule has 1 heterocycles. The lowest BCUT2D eigenvalue weighted by Crippen LogP contribution is -2.11. The highest BCUT2D eigenvalue weighted by Gasteiger charge is 2.23. The SMILES string of the molecule is [N-]=[N+]=Nc1ccc(C(=O)O)c(OC(=O)c2cc(O)n(O)c2O)c1. The van der Waals surface area contributed by atoms with Crippen LogP contribution in [0.4, 0.5) is 5.69 Å². The number of carboxylic acid groups (broad SMARTS) is 1. The van der Waals surface area contributed by atoms with Crippen molar-refractivity contribution in [2.45, 2.75) is 0 Å². The number of carboxylic acids is 1. The third-order valence-electron chi connectivity index (χ3n) is 2.71. The van der Waals surface area contributed by atoms with E-state index in [9.17, 15) is 19.8 Å². The van der Waals surface area contributed by atoms with Gasteiger partial charge < -0.3 is 25.3 Å². The number of esters is 1. The zero-order valence-electron chi connectivity index (χ0n) is 11.1. The summed E-state index contributed by atoms with van der Waals surface area (Å²) in [4.78, 5) is 25.6. The zero-order chi connectivity index (χ0) is 17.1. The molecule has 0 fully saturated rings. The summed E-state index contributed by atoms with van der Waals surface area (Å²) in [6.45, 7) is 0. The molecule has 0 amide bonds. The largest absolute Gasteiger partial charge is 0.492 e. The van der Waals surface area contributed by atoms with Crippen LogP contribution in [0.1, 0.15) is 20.7 Å². The van der Waals surface area contributed by atoms with Crippen LogP contribution in [0.5, 0.6) is 17.5 Å². The molecule has 0 saturated heterocycles. The maximum atomic E-state index is 11.9. The Morgan fingerprint density at radius 2 is 1.91 bits per heavy atom. The number of hydrogen-bond acceptors (Lipinski definition) is 7. The molecular weight excluding hydrogens is 312 g/mol. The van der Waals surface area contributed by atoms with Crippen molar-refractivity contribution in [3.05, 3.63) is 45.8 Å². The lowest BCUT2D eigenvalue weighted by molar-refractivity contribution is 0.0679. The molecule has 0 spiro atoms. The molecule has 1 aromatic heterocycles. The van der Waals surface area contributed by atoms with E-state index in [1.54, 1.807) is 0 Å². The van der Waals surface area contributed by atoms with Crippen LogP contribution >= 0.6 is 0 Å². The van der Waals surface area contributed by atoms with Crippen LogP contribution in [0.25, 0.3) is 10.4 Å². The molecular formula is C12H8N4O7. The first-order valence-corrected chi connectivity index (χ1v) is 5.82. The molecule has 0 saturated carbocycles. The number of ether oxygens (including phenoxy) is 1. The Balaban J connectivity index is 2.43. The number of aromatic nitrogens is 1. The van der Waals surface area contributed by atoms with Crippen molar-refractivity contribution in [1.29, 1.82) is 0 Å². The molecule has 1 aromatic carbocycles. The van der Waals surface area contributed by atoms with E-state index in [0.29, 0.717) is 0 Å². The molecule has 4 N–H and O–H groups in total. The Hall–Kier alpha value is -3.85. The summed E-state index contributed by atoms with van der Waals surface area (Å²) in [5.41, 5.74) is 7.35. The zero-order valence-corrected chi connectivity index (χ0v) is 11.1. The number of azide groups is 1. The second kappa shape index (κ2) is 5.87. The quantitative estimate of drug-likeness (QED) is 0.166.